The van der Waals surface area contributed by atoms with Gasteiger partial charge in [0.05, 0.1) is 12.3 Å². The molecular formula is C4H13NO7P2. The van der Waals surface area contributed by atoms with E-state index in [1.54, 1.807) is 0 Å². The van der Waals surface area contributed by atoms with Crippen molar-refractivity contribution in [3.63, 3.8) is 0 Å². The smallest absolute Gasteiger partial charge is 0.324 e. The van der Waals surface area contributed by atoms with Crippen molar-refractivity contribution < 1.29 is 33.9 Å². The fourth-order valence-corrected chi connectivity index (χ4v) is 1.59. The van der Waals surface area contributed by atoms with Gasteiger partial charge in [-0.25, -0.2) is 0 Å². The Morgan fingerprint density at radius 3 is 1.36 bits per heavy atom. The number of hydroxylamine groups is 2. The summed E-state index contributed by atoms with van der Waals surface area (Å²) in [5, 5.41) is 9.39. The molecule has 0 aromatic rings. The van der Waals surface area contributed by atoms with Crippen molar-refractivity contribution in [1.29, 1.82) is 0 Å². The van der Waals surface area contributed by atoms with Gasteiger partial charge >= 0.3 is 15.2 Å². The highest BCUT2D eigenvalue weighted by Crippen LogP contribution is 2.35. The second kappa shape index (κ2) is 5.34. The van der Waals surface area contributed by atoms with Crippen molar-refractivity contribution >= 4 is 15.2 Å². The van der Waals surface area contributed by atoms with Gasteiger partial charge in [0.1, 0.15) is 0 Å². The summed E-state index contributed by atoms with van der Waals surface area (Å²) < 4.78 is 20.7. The molecule has 0 spiro atoms. The zero-order valence-corrected chi connectivity index (χ0v) is 9.01. The lowest BCUT2D eigenvalue weighted by atomic mass is 10.6. The summed E-state index contributed by atoms with van der Waals surface area (Å²) in [6, 6.07) is 0. The lowest BCUT2D eigenvalue weighted by molar-refractivity contribution is -0.0812. The minimum absolute atomic E-state index is 0.329. The van der Waals surface area contributed by atoms with Crippen LogP contribution in [0.2, 0.25) is 0 Å². The first-order valence-electron chi connectivity index (χ1n) is 3.63. The topological polar surface area (TPSA) is 139 Å². The van der Waals surface area contributed by atoms with Crippen LogP contribution in [0, 0.1) is 0 Å². The lowest BCUT2D eigenvalue weighted by Gasteiger charge is -2.15. The predicted molar refractivity (Wildman–Crippen MR) is 47.2 cm³/mol. The van der Waals surface area contributed by atoms with Gasteiger partial charge in [-0.15, -0.1) is 0 Å². The normalized spacial score (nSPS) is 13.6. The predicted octanol–water partition coefficient (Wildman–Crippen LogP) is -0.967. The van der Waals surface area contributed by atoms with Gasteiger partial charge < -0.3 is 24.8 Å². The molecule has 0 fully saturated rings. The third-order valence-electron chi connectivity index (χ3n) is 1.30. The summed E-state index contributed by atoms with van der Waals surface area (Å²) in [7, 11) is -8.36. The van der Waals surface area contributed by atoms with Crippen LogP contribution >= 0.6 is 15.2 Å². The molecule has 0 radical (unpaired) electrons. The zero-order valence-electron chi connectivity index (χ0n) is 7.22. The van der Waals surface area contributed by atoms with Crippen LogP contribution in [0.5, 0.6) is 0 Å². The average molecular weight is 249 g/mol. The Hall–Kier alpha value is 0.220. The molecule has 0 saturated heterocycles. The Balaban J connectivity index is 3.73. The van der Waals surface area contributed by atoms with Gasteiger partial charge in [-0.3, -0.25) is 9.13 Å². The molecule has 86 valence electrons. The molecule has 0 aliphatic rings. The summed E-state index contributed by atoms with van der Waals surface area (Å²) in [5.74, 6) is 0. The number of nitrogens with zero attached hydrogens (tertiary/aromatic N) is 1. The molecule has 5 N–H and O–H groups in total. The molecule has 14 heavy (non-hydrogen) atoms. The monoisotopic (exact) mass is 249 g/mol. The molecule has 0 aliphatic carbocycles. The number of rotatable bonds is 6. The van der Waals surface area contributed by atoms with Crippen molar-refractivity contribution in [2.24, 2.45) is 0 Å². The van der Waals surface area contributed by atoms with E-state index in [1.807, 2.05) is 0 Å². The minimum Gasteiger partial charge on any atom is -0.324 e. The maximum Gasteiger partial charge on any atom is 0.326 e. The van der Waals surface area contributed by atoms with E-state index >= 15 is 0 Å². The first-order valence-corrected chi connectivity index (χ1v) is 7.23. The first kappa shape index (κ1) is 14.2. The van der Waals surface area contributed by atoms with Gasteiger partial charge in [-0.1, -0.05) is 0 Å². The van der Waals surface area contributed by atoms with E-state index in [4.69, 9.17) is 24.8 Å². The summed E-state index contributed by atoms with van der Waals surface area (Å²) in [4.78, 5) is 33.7. The fourth-order valence-electron chi connectivity index (χ4n) is 0.603. The molecule has 0 saturated carbocycles. The maximum atomic E-state index is 10.3. The van der Waals surface area contributed by atoms with E-state index in [2.05, 4.69) is 0 Å². The fraction of sp³-hybridized carbons (Fsp3) is 1.00. The van der Waals surface area contributed by atoms with Crippen LogP contribution < -0.4 is 0 Å². The molecule has 0 aromatic carbocycles. The van der Waals surface area contributed by atoms with E-state index in [0.29, 0.717) is 5.06 Å². The summed E-state index contributed by atoms with van der Waals surface area (Å²) in [6.45, 7) is -0.658. The van der Waals surface area contributed by atoms with E-state index in [1.165, 1.54) is 0 Å². The zero-order chi connectivity index (χ0) is 11.4. The SMILES string of the molecule is O=P(O)(O)CCN(O)CCP(=O)(O)O. The van der Waals surface area contributed by atoms with Gasteiger partial charge in [0, 0.05) is 13.1 Å². The van der Waals surface area contributed by atoms with E-state index in [9.17, 15) is 9.13 Å². The summed E-state index contributed by atoms with van der Waals surface area (Å²) in [6.07, 6.45) is -1.10. The van der Waals surface area contributed by atoms with Gasteiger partial charge in [-0.05, 0) is 0 Å². The van der Waals surface area contributed by atoms with Crippen molar-refractivity contribution in [3.05, 3.63) is 0 Å². The molecule has 8 nitrogen and oxygen atoms in total. The standard InChI is InChI=1S/C4H13NO7P2/c6-5(1-3-13(7,8)9)2-4-14(10,11)12/h6H,1-4H2,(H2,7,8,9)(H2,10,11,12). The minimum atomic E-state index is -4.18. The summed E-state index contributed by atoms with van der Waals surface area (Å²) in [5.41, 5.74) is 0. The van der Waals surface area contributed by atoms with Crippen molar-refractivity contribution in [1.82, 2.24) is 5.06 Å². The molecule has 0 heterocycles. The Morgan fingerprint density at radius 2 is 1.14 bits per heavy atom. The highest BCUT2D eigenvalue weighted by molar-refractivity contribution is 7.52. The molecule has 0 unspecified atom stereocenters. The third-order valence-corrected chi connectivity index (χ3v) is 2.86. The van der Waals surface area contributed by atoms with Crippen molar-refractivity contribution in [3.8, 4) is 0 Å². The first-order chi connectivity index (χ1) is 6.10. The Bertz CT molecular complexity index is 230. The Kier molecular flexibility index (Phi) is 5.43. The third kappa shape index (κ3) is 10.3. The van der Waals surface area contributed by atoms with E-state index < -0.39 is 27.5 Å². The molecule has 0 aromatic heterocycles. The highest BCUT2D eigenvalue weighted by atomic mass is 31.2. The second-order valence-corrected chi connectivity index (χ2v) is 6.28. The highest BCUT2D eigenvalue weighted by Gasteiger charge is 2.18. The molecule has 0 bridgehead atoms. The Morgan fingerprint density at radius 1 is 0.857 bits per heavy atom. The number of hydrogen-bond acceptors (Lipinski definition) is 4. The quantitative estimate of drug-likeness (QED) is 0.299. The molecule has 0 aliphatic heterocycles. The van der Waals surface area contributed by atoms with Crippen LogP contribution in [-0.2, 0) is 9.13 Å². The van der Waals surface area contributed by atoms with Crippen LogP contribution in [0.15, 0.2) is 0 Å². The molecule has 0 atom stereocenters. The van der Waals surface area contributed by atoms with E-state index in [0.717, 1.165) is 0 Å². The van der Waals surface area contributed by atoms with Crippen LogP contribution in [0.4, 0.5) is 0 Å². The molecule has 10 heteroatoms. The van der Waals surface area contributed by atoms with E-state index in [-0.39, 0.29) is 13.1 Å². The number of hydrogen-bond donors (Lipinski definition) is 5. The van der Waals surface area contributed by atoms with Gasteiger partial charge in [0.25, 0.3) is 0 Å². The maximum absolute atomic E-state index is 10.3. The van der Waals surface area contributed by atoms with Crippen LogP contribution in [0.25, 0.3) is 0 Å². The largest absolute Gasteiger partial charge is 0.326 e. The van der Waals surface area contributed by atoms with Crippen LogP contribution in [0.3, 0.4) is 0 Å². The molecule has 0 rings (SSSR count). The lowest BCUT2D eigenvalue weighted by Crippen LogP contribution is -2.26. The van der Waals surface area contributed by atoms with Gasteiger partial charge in [0.2, 0.25) is 0 Å². The van der Waals surface area contributed by atoms with Gasteiger partial charge in [-0.2, -0.15) is 5.06 Å². The van der Waals surface area contributed by atoms with Crippen LogP contribution in [0.1, 0.15) is 0 Å². The van der Waals surface area contributed by atoms with Crippen molar-refractivity contribution in [2.75, 3.05) is 25.4 Å². The summed E-state index contributed by atoms with van der Waals surface area (Å²) >= 11 is 0. The van der Waals surface area contributed by atoms with Crippen LogP contribution in [-0.4, -0.2) is 55.3 Å². The second-order valence-electron chi connectivity index (χ2n) is 2.73. The molecule has 0 amide bonds. The van der Waals surface area contributed by atoms with Gasteiger partial charge in [0.15, 0.2) is 0 Å². The molecular weight excluding hydrogens is 236 g/mol. The van der Waals surface area contributed by atoms with Crippen molar-refractivity contribution in [2.45, 2.75) is 0 Å². The average Bonchev–Trinajstić information content (AvgIpc) is 1.94. The Labute approximate surface area is 80.4 Å².